The fourth-order valence-electron chi connectivity index (χ4n) is 1.12. The highest BCUT2D eigenvalue weighted by atomic mass is 32.2. The van der Waals surface area contributed by atoms with Gasteiger partial charge in [0.2, 0.25) is 0 Å². The summed E-state index contributed by atoms with van der Waals surface area (Å²) >= 11 is 0. The van der Waals surface area contributed by atoms with Gasteiger partial charge in [0.25, 0.3) is 0 Å². The monoisotopic (exact) mass is 172 g/mol. The molecule has 11 heavy (non-hydrogen) atoms. The molecule has 1 heterocycles. The molecule has 0 radical (unpaired) electrons. The van der Waals surface area contributed by atoms with E-state index in [1.54, 1.807) is 0 Å². The lowest BCUT2D eigenvalue weighted by Gasteiger charge is -2.27. The Labute approximate surface area is 69.4 Å². The van der Waals surface area contributed by atoms with Crippen molar-refractivity contribution in [1.29, 1.82) is 5.26 Å². The maximum atomic E-state index is 10.9. The van der Waals surface area contributed by atoms with Gasteiger partial charge in [0.15, 0.2) is 0 Å². The van der Waals surface area contributed by atoms with Crippen molar-refractivity contribution in [2.24, 2.45) is 0 Å². The summed E-state index contributed by atoms with van der Waals surface area (Å²) in [6, 6.07) is 2.16. The lowest BCUT2D eigenvalue weighted by atomic mass is 10.3. The van der Waals surface area contributed by atoms with Gasteiger partial charge < -0.3 is 0 Å². The molecule has 0 aromatic heterocycles. The average molecular weight is 172 g/mol. The van der Waals surface area contributed by atoms with Crippen molar-refractivity contribution in [3.63, 3.8) is 0 Å². The van der Waals surface area contributed by atoms with Crippen molar-refractivity contribution < 1.29 is 4.21 Å². The Bertz CT molecular complexity index is 189. The van der Waals surface area contributed by atoms with Crippen molar-refractivity contribution in [2.75, 3.05) is 24.6 Å². The zero-order chi connectivity index (χ0) is 8.27. The van der Waals surface area contributed by atoms with E-state index < -0.39 is 10.8 Å². The zero-order valence-electron chi connectivity index (χ0n) is 6.62. The molecule has 1 rings (SSSR count). The predicted octanol–water partition coefficient (Wildman–Crippen LogP) is -0.0372. The molecule has 0 spiro atoms. The predicted molar refractivity (Wildman–Crippen MR) is 44.5 cm³/mol. The second kappa shape index (κ2) is 3.84. The van der Waals surface area contributed by atoms with E-state index in [-0.39, 0.29) is 6.04 Å². The van der Waals surface area contributed by atoms with Crippen molar-refractivity contribution in [2.45, 2.75) is 13.0 Å². The minimum Gasteiger partial charge on any atom is -0.286 e. The first-order valence-corrected chi connectivity index (χ1v) is 5.21. The van der Waals surface area contributed by atoms with Crippen LogP contribution in [0, 0.1) is 11.3 Å². The topological polar surface area (TPSA) is 44.1 Å². The molecular formula is C7H12N2OS. The molecule has 3 nitrogen and oxygen atoms in total. The Balaban J connectivity index is 2.40. The summed E-state index contributed by atoms with van der Waals surface area (Å²) in [7, 11) is -0.630. The van der Waals surface area contributed by atoms with Crippen LogP contribution < -0.4 is 0 Å². The SMILES string of the molecule is CC(C#N)N1CCS(=O)CC1. The number of rotatable bonds is 1. The molecule has 0 amide bonds. The highest BCUT2D eigenvalue weighted by Gasteiger charge is 2.18. The minimum atomic E-state index is -0.630. The molecule has 0 bridgehead atoms. The molecule has 1 aliphatic heterocycles. The molecule has 4 heteroatoms. The van der Waals surface area contributed by atoms with Crippen LogP contribution in [0.3, 0.4) is 0 Å². The molecule has 1 unspecified atom stereocenters. The molecule has 62 valence electrons. The molecule has 0 N–H and O–H groups in total. The van der Waals surface area contributed by atoms with Crippen LogP contribution in [0.2, 0.25) is 0 Å². The highest BCUT2D eigenvalue weighted by molar-refractivity contribution is 7.85. The van der Waals surface area contributed by atoms with E-state index in [9.17, 15) is 4.21 Å². The first-order valence-electron chi connectivity index (χ1n) is 3.72. The normalized spacial score (nSPS) is 24.4. The third-order valence-electron chi connectivity index (χ3n) is 1.95. The molecule has 1 fully saturated rings. The van der Waals surface area contributed by atoms with Crippen LogP contribution in [0.5, 0.6) is 0 Å². The summed E-state index contributed by atoms with van der Waals surface area (Å²) < 4.78 is 10.9. The maximum absolute atomic E-state index is 10.9. The van der Waals surface area contributed by atoms with Gasteiger partial charge in [-0.15, -0.1) is 0 Å². The lowest BCUT2D eigenvalue weighted by molar-refractivity contribution is 0.269. The number of nitriles is 1. The Kier molecular flexibility index (Phi) is 3.03. The number of nitrogens with zero attached hydrogens (tertiary/aromatic N) is 2. The van der Waals surface area contributed by atoms with Crippen LogP contribution in [-0.2, 0) is 10.8 Å². The van der Waals surface area contributed by atoms with E-state index in [4.69, 9.17) is 5.26 Å². The molecule has 1 saturated heterocycles. The minimum absolute atomic E-state index is 0.0210. The van der Waals surface area contributed by atoms with Crippen LogP contribution in [0.25, 0.3) is 0 Å². The third kappa shape index (κ3) is 2.28. The van der Waals surface area contributed by atoms with E-state index in [2.05, 4.69) is 11.0 Å². The largest absolute Gasteiger partial charge is 0.286 e. The van der Waals surface area contributed by atoms with E-state index in [0.717, 1.165) is 24.6 Å². The fourth-order valence-corrected chi connectivity index (χ4v) is 2.20. The van der Waals surface area contributed by atoms with Crippen molar-refractivity contribution in [3.8, 4) is 6.07 Å². The standard InChI is InChI=1S/C7H12N2OS/c1-7(6-8)9-2-4-11(10)5-3-9/h7H,2-5H2,1H3. The summed E-state index contributed by atoms with van der Waals surface area (Å²) in [5, 5.41) is 8.59. The summed E-state index contributed by atoms with van der Waals surface area (Å²) in [4.78, 5) is 2.07. The van der Waals surface area contributed by atoms with Gasteiger partial charge in [-0.05, 0) is 6.92 Å². The second-order valence-corrected chi connectivity index (χ2v) is 4.39. The first-order chi connectivity index (χ1) is 5.24. The van der Waals surface area contributed by atoms with E-state index in [1.165, 1.54) is 0 Å². The van der Waals surface area contributed by atoms with Gasteiger partial charge >= 0.3 is 0 Å². The fraction of sp³-hybridized carbons (Fsp3) is 0.857. The van der Waals surface area contributed by atoms with Gasteiger partial charge in [-0.2, -0.15) is 5.26 Å². The van der Waals surface area contributed by atoms with Crippen molar-refractivity contribution >= 4 is 10.8 Å². The van der Waals surface area contributed by atoms with Crippen LogP contribution in [0.15, 0.2) is 0 Å². The number of hydrogen-bond donors (Lipinski definition) is 0. The molecule has 0 aromatic carbocycles. The summed E-state index contributed by atoms with van der Waals surface area (Å²) in [5.41, 5.74) is 0. The smallest absolute Gasteiger partial charge is 0.0949 e. The van der Waals surface area contributed by atoms with Gasteiger partial charge in [-0.1, -0.05) is 0 Å². The average Bonchev–Trinajstić information content (AvgIpc) is 2.05. The van der Waals surface area contributed by atoms with E-state index in [0.29, 0.717) is 0 Å². The van der Waals surface area contributed by atoms with Crippen molar-refractivity contribution in [1.82, 2.24) is 4.90 Å². The first kappa shape index (κ1) is 8.69. The Morgan fingerprint density at radius 2 is 2.09 bits per heavy atom. The second-order valence-electron chi connectivity index (χ2n) is 2.69. The number of hydrogen-bond acceptors (Lipinski definition) is 3. The van der Waals surface area contributed by atoms with Crippen LogP contribution in [-0.4, -0.2) is 39.7 Å². The molecular weight excluding hydrogens is 160 g/mol. The summed E-state index contributed by atoms with van der Waals surface area (Å²) in [6.45, 7) is 3.50. The van der Waals surface area contributed by atoms with Crippen LogP contribution in [0.4, 0.5) is 0 Å². The van der Waals surface area contributed by atoms with Gasteiger partial charge in [-0.3, -0.25) is 9.11 Å². The van der Waals surface area contributed by atoms with Gasteiger partial charge in [0.05, 0.1) is 12.1 Å². The van der Waals surface area contributed by atoms with Gasteiger partial charge in [0.1, 0.15) is 0 Å². The van der Waals surface area contributed by atoms with Crippen LogP contribution in [0.1, 0.15) is 6.92 Å². The summed E-state index contributed by atoms with van der Waals surface area (Å²) in [6.07, 6.45) is 0. The zero-order valence-corrected chi connectivity index (χ0v) is 7.43. The van der Waals surface area contributed by atoms with E-state index >= 15 is 0 Å². The molecule has 1 atom stereocenters. The Morgan fingerprint density at radius 1 is 1.55 bits per heavy atom. The molecule has 0 saturated carbocycles. The lowest BCUT2D eigenvalue weighted by Crippen LogP contribution is -2.42. The maximum Gasteiger partial charge on any atom is 0.0949 e. The molecule has 1 aliphatic rings. The Hall–Kier alpha value is -0.400. The van der Waals surface area contributed by atoms with Crippen molar-refractivity contribution in [3.05, 3.63) is 0 Å². The molecule has 0 aliphatic carbocycles. The van der Waals surface area contributed by atoms with E-state index in [1.807, 2.05) is 6.92 Å². The third-order valence-corrected chi connectivity index (χ3v) is 3.22. The van der Waals surface area contributed by atoms with Gasteiger partial charge in [0, 0.05) is 35.4 Å². The summed E-state index contributed by atoms with van der Waals surface area (Å²) in [5.74, 6) is 1.46. The van der Waals surface area contributed by atoms with Gasteiger partial charge in [-0.25, -0.2) is 0 Å². The quantitative estimate of drug-likeness (QED) is 0.557. The highest BCUT2D eigenvalue weighted by Crippen LogP contribution is 2.03. The van der Waals surface area contributed by atoms with Crippen LogP contribution >= 0.6 is 0 Å². The molecule has 0 aromatic rings. The Morgan fingerprint density at radius 3 is 2.55 bits per heavy atom.